The molecule has 0 radical (unpaired) electrons. The van der Waals surface area contributed by atoms with Crippen LogP contribution in [0.5, 0.6) is 0 Å². The molecule has 0 aliphatic carbocycles. The van der Waals surface area contributed by atoms with Crippen molar-refractivity contribution in [2.24, 2.45) is 5.73 Å². The zero-order chi connectivity index (χ0) is 13.7. The topological polar surface area (TPSA) is 74.2 Å². The van der Waals surface area contributed by atoms with Gasteiger partial charge in [0.1, 0.15) is 0 Å². The molecular formula is C13H16BrN3O2. The lowest BCUT2D eigenvalue weighted by Gasteiger charge is -2.04. The first kappa shape index (κ1) is 14.2. The van der Waals surface area contributed by atoms with E-state index in [0.29, 0.717) is 18.3 Å². The molecule has 1 aromatic carbocycles. The Balaban J connectivity index is 2.04. The Morgan fingerprint density at radius 2 is 2.11 bits per heavy atom. The lowest BCUT2D eigenvalue weighted by molar-refractivity contribution is 0.188. The van der Waals surface area contributed by atoms with Crippen molar-refractivity contribution in [2.75, 3.05) is 13.7 Å². The van der Waals surface area contributed by atoms with E-state index in [1.54, 1.807) is 7.11 Å². The van der Waals surface area contributed by atoms with Gasteiger partial charge in [0.25, 0.3) is 0 Å². The van der Waals surface area contributed by atoms with E-state index in [1.165, 1.54) is 0 Å². The Morgan fingerprint density at radius 3 is 2.79 bits per heavy atom. The number of aromatic nitrogens is 2. The second-order valence-electron chi connectivity index (χ2n) is 4.20. The summed E-state index contributed by atoms with van der Waals surface area (Å²) < 4.78 is 11.2. The molecule has 0 saturated carbocycles. The predicted molar refractivity (Wildman–Crippen MR) is 75.5 cm³/mol. The van der Waals surface area contributed by atoms with Crippen molar-refractivity contribution >= 4 is 15.9 Å². The fraction of sp³-hybridized carbons (Fsp3) is 0.385. The number of nitrogens with two attached hydrogens (primary N) is 1. The number of benzene rings is 1. The molecule has 1 unspecified atom stereocenters. The average molecular weight is 326 g/mol. The van der Waals surface area contributed by atoms with Crippen LogP contribution in [0.25, 0.3) is 11.4 Å². The Morgan fingerprint density at radius 1 is 1.37 bits per heavy atom. The van der Waals surface area contributed by atoms with Gasteiger partial charge in [-0.3, -0.25) is 0 Å². The summed E-state index contributed by atoms with van der Waals surface area (Å²) in [6.45, 7) is 0.682. The minimum Gasteiger partial charge on any atom is -0.385 e. The quantitative estimate of drug-likeness (QED) is 0.826. The van der Waals surface area contributed by atoms with Crippen LogP contribution in [0, 0.1) is 0 Å². The van der Waals surface area contributed by atoms with Gasteiger partial charge in [-0.1, -0.05) is 21.1 Å². The van der Waals surface area contributed by atoms with Gasteiger partial charge in [-0.15, -0.1) is 0 Å². The highest BCUT2D eigenvalue weighted by Gasteiger charge is 2.15. The van der Waals surface area contributed by atoms with E-state index < -0.39 is 0 Å². The SMILES string of the molecule is COCCCC(N)c1nc(-c2ccc(Br)cc2)no1. The van der Waals surface area contributed by atoms with Gasteiger partial charge < -0.3 is 15.0 Å². The van der Waals surface area contributed by atoms with Crippen molar-refractivity contribution in [3.05, 3.63) is 34.6 Å². The summed E-state index contributed by atoms with van der Waals surface area (Å²) in [5, 5.41) is 3.95. The van der Waals surface area contributed by atoms with Gasteiger partial charge in [0, 0.05) is 23.8 Å². The van der Waals surface area contributed by atoms with Gasteiger partial charge in [-0.2, -0.15) is 4.98 Å². The molecule has 19 heavy (non-hydrogen) atoms. The molecule has 6 heteroatoms. The number of rotatable bonds is 6. The molecule has 1 aromatic heterocycles. The minimum absolute atomic E-state index is 0.244. The fourth-order valence-corrected chi connectivity index (χ4v) is 1.94. The highest BCUT2D eigenvalue weighted by Crippen LogP contribution is 2.21. The molecule has 2 rings (SSSR count). The second-order valence-corrected chi connectivity index (χ2v) is 5.12. The lowest BCUT2D eigenvalue weighted by atomic mass is 10.2. The smallest absolute Gasteiger partial charge is 0.243 e. The van der Waals surface area contributed by atoms with Crippen molar-refractivity contribution in [3.63, 3.8) is 0 Å². The minimum atomic E-state index is -0.244. The maximum Gasteiger partial charge on any atom is 0.243 e. The molecule has 0 amide bonds. The highest BCUT2D eigenvalue weighted by molar-refractivity contribution is 9.10. The number of hydrogen-bond donors (Lipinski definition) is 1. The van der Waals surface area contributed by atoms with Gasteiger partial charge in [-0.05, 0) is 37.1 Å². The van der Waals surface area contributed by atoms with Crippen LogP contribution in [0.3, 0.4) is 0 Å². The molecule has 1 heterocycles. The van der Waals surface area contributed by atoms with E-state index >= 15 is 0 Å². The third kappa shape index (κ3) is 3.86. The number of halogens is 1. The molecule has 0 aliphatic rings. The maximum atomic E-state index is 5.99. The third-order valence-corrected chi connectivity index (χ3v) is 3.25. The van der Waals surface area contributed by atoms with Crippen molar-refractivity contribution in [1.82, 2.24) is 10.1 Å². The van der Waals surface area contributed by atoms with Gasteiger partial charge >= 0.3 is 0 Å². The third-order valence-electron chi connectivity index (χ3n) is 2.72. The Labute approximate surface area is 120 Å². The van der Waals surface area contributed by atoms with Crippen LogP contribution in [-0.2, 0) is 4.74 Å². The van der Waals surface area contributed by atoms with E-state index in [9.17, 15) is 0 Å². The van der Waals surface area contributed by atoms with E-state index in [1.807, 2.05) is 24.3 Å². The molecule has 2 aromatic rings. The van der Waals surface area contributed by atoms with Gasteiger partial charge in [0.2, 0.25) is 11.7 Å². The van der Waals surface area contributed by atoms with Crippen LogP contribution >= 0.6 is 15.9 Å². The number of ether oxygens (including phenoxy) is 1. The number of methoxy groups -OCH3 is 1. The Bertz CT molecular complexity index is 513. The van der Waals surface area contributed by atoms with Gasteiger partial charge in [0.05, 0.1) is 6.04 Å². The molecule has 0 aliphatic heterocycles. The highest BCUT2D eigenvalue weighted by atomic mass is 79.9. The predicted octanol–water partition coefficient (Wildman–Crippen LogP) is 2.93. The first-order valence-electron chi connectivity index (χ1n) is 6.05. The van der Waals surface area contributed by atoms with Crippen molar-refractivity contribution in [3.8, 4) is 11.4 Å². The van der Waals surface area contributed by atoms with E-state index in [4.69, 9.17) is 15.0 Å². The molecular weight excluding hydrogens is 310 g/mol. The largest absolute Gasteiger partial charge is 0.385 e. The molecule has 0 bridgehead atoms. The molecule has 0 fully saturated rings. The normalized spacial score (nSPS) is 12.6. The fourth-order valence-electron chi connectivity index (χ4n) is 1.67. The van der Waals surface area contributed by atoms with Crippen LogP contribution < -0.4 is 5.73 Å². The first-order chi connectivity index (χ1) is 9.20. The van der Waals surface area contributed by atoms with Gasteiger partial charge in [0.15, 0.2) is 0 Å². The Kier molecular flexibility index (Phi) is 5.07. The van der Waals surface area contributed by atoms with E-state index in [2.05, 4.69) is 26.1 Å². The van der Waals surface area contributed by atoms with Crippen LogP contribution in [0.1, 0.15) is 24.8 Å². The van der Waals surface area contributed by atoms with Crippen LogP contribution in [0.4, 0.5) is 0 Å². The molecule has 2 N–H and O–H groups in total. The van der Waals surface area contributed by atoms with Crippen molar-refractivity contribution in [1.29, 1.82) is 0 Å². The summed E-state index contributed by atoms with van der Waals surface area (Å²) in [7, 11) is 1.67. The summed E-state index contributed by atoms with van der Waals surface area (Å²) in [6, 6.07) is 7.48. The van der Waals surface area contributed by atoms with Crippen molar-refractivity contribution < 1.29 is 9.26 Å². The molecule has 0 spiro atoms. The summed E-state index contributed by atoms with van der Waals surface area (Å²) in [4.78, 5) is 4.33. The molecule has 0 saturated heterocycles. The van der Waals surface area contributed by atoms with Crippen LogP contribution in [0.15, 0.2) is 33.3 Å². The lowest BCUT2D eigenvalue weighted by Crippen LogP contribution is -2.11. The molecule has 102 valence electrons. The molecule has 1 atom stereocenters. The van der Waals surface area contributed by atoms with E-state index in [0.717, 1.165) is 22.9 Å². The number of nitrogens with zero attached hydrogens (tertiary/aromatic N) is 2. The number of hydrogen-bond acceptors (Lipinski definition) is 5. The first-order valence-corrected chi connectivity index (χ1v) is 6.84. The molecule has 5 nitrogen and oxygen atoms in total. The summed E-state index contributed by atoms with van der Waals surface area (Å²) in [6.07, 6.45) is 1.63. The standard InChI is InChI=1S/C13H16BrN3O2/c1-18-8-2-3-11(15)13-16-12(17-19-13)9-4-6-10(14)7-5-9/h4-7,11H,2-3,8,15H2,1H3. The van der Waals surface area contributed by atoms with Crippen LogP contribution in [-0.4, -0.2) is 23.9 Å². The zero-order valence-corrected chi connectivity index (χ0v) is 12.3. The zero-order valence-electron chi connectivity index (χ0n) is 10.7. The van der Waals surface area contributed by atoms with Crippen molar-refractivity contribution in [2.45, 2.75) is 18.9 Å². The second kappa shape index (κ2) is 6.79. The summed E-state index contributed by atoms with van der Waals surface area (Å²) in [5.74, 6) is 1.03. The summed E-state index contributed by atoms with van der Waals surface area (Å²) >= 11 is 3.39. The van der Waals surface area contributed by atoms with Crippen LogP contribution in [0.2, 0.25) is 0 Å². The average Bonchev–Trinajstić information content (AvgIpc) is 2.89. The monoisotopic (exact) mass is 325 g/mol. The Hall–Kier alpha value is -1.24. The van der Waals surface area contributed by atoms with Gasteiger partial charge in [-0.25, -0.2) is 0 Å². The maximum absolute atomic E-state index is 5.99. The summed E-state index contributed by atoms with van der Waals surface area (Å²) in [5.41, 5.74) is 6.90. The van der Waals surface area contributed by atoms with E-state index in [-0.39, 0.29) is 6.04 Å².